The number of benzene rings is 1. The molecule has 1 aliphatic carbocycles. The monoisotopic (exact) mass is 433 g/mol. The zero-order valence-corrected chi connectivity index (χ0v) is 18.1. The molecule has 1 saturated carbocycles. The van der Waals surface area contributed by atoms with E-state index in [0.29, 0.717) is 22.0 Å². The van der Waals surface area contributed by atoms with Crippen molar-refractivity contribution in [1.82, 2.24) is 10.3 Å². The number of alkyl carbamates (subject to hydrolysis) is 1. The Hall–Kier alpha value is -2.67. The van der Waals surface area contributed by atoms with Gasteiger partial charge in [0.15, 0.2) is 0 Å². The third kappa shape index (κ3) is 5.69. The van der Waals surface area contributed by atoms with Crippen LogP contribution in [0.1, 0.15) is 52.1 Å². The average Bonchev–Trinajstić information content (AvgIpc) is 3.46. The second-order valence-electron chi connectivity index (χ2n) is 8.42. The lowest BCUT2D eigenvalue weighted by atomic mass is 10.0. The third-order valence-corrected chi connectivity index (χ3v) is 4.89. The molecule has 0 radical (unpaired) electrons. The van der Waals surface area contributed by atoms with Crippen molar-refractivity contribution >= 4 is 29.4 Å². The predicted octanol–water partition coefficient (Wildman–Crippen LogP) is 5.48. The Bertz CT molecular complexity index is 971. The lowest BCUT2D eigenvalue weighted by molar-refractivity contribution is -0.117. The van der Waals surface area contributed by atoms with Crippen LogP contribution < -0.4 is 10.6 Å². The lowest BCUT2D eigenvalue weighted by Gasteiger charge is -2.22. The lowest BCUT2D eigenvalue weighted by Crippen LogP contribution is -2.34. The molecular formula is C22H25ClFN3O3. The van der Waals surface area contributed by atoms with Gasteiger partial charge in [-0.3, -0.25) is 4.79 Å². The highest BCUT2D eigenvalue weighted by Crippen LogP contribution is 2.33. The number of hydrogen-bond donors (Lipinski definition) is 2. The SMILES string of the molecule is CC(NC(=O)OC(C)(C)C)c1ccc(-c2cc(NC(=O)C3CC3)ncc2F)cc1Cl. The Labute approximate surface area is 180 Å². The van der Waals surface area contributed by atoms with Gasteiger partial charge >= 0.3 is 6.09 Å². The molecule has 1 atom stereocenters. The molecule has 1 fully saturated rings. The van der Waals surface area contributed by atoms with Crippen molar-refractivity contribution in [3.05, 3.63) is 46.9 Å². The van der Waals surface area contributed by atoms with Crippen molar-refractivity contribution in [2.45, 2.75) is 52.2 Å². The number of halogens is 2. The van der Waals surface area contributed by atoms with Gasteiger partial charge in [0.2, 0.25) is 5.91 Å². The predicted molar refractivity (Wildman–Crippen MR) is 114 cm³/mol. The van der Waals surface area contributed by atoms with Gasteiger partial charge < -0.3 is 15.4 Å². The molecule has 0 bridgehead atoms. The Kier molecular flexibility index (Phi) is 6.31. The fourth-order valence-electron chi connectivity index (χ4n) is 2.91. The second-order valence-corrected chi connectivity index (χ2v) is 8.82. The smallest absolute Gasteiger partial charge is 0.408 e. The van der Waals surface area contributed by atoms with Crippen molar-refractivity contribution in [2.75, 3.05) is 5.32 Å². The maximum Gasteiger partial charge on any atom is 0.408 e. The fraction of sp³-hybridized carbons (Fsp3) is 0.409. The number of rotatable bonds is 5. The highest BCUT2D eigenvalue weighted by atomic mass is 35.5. The van der Waals surface area contributed by atoms with E-state index in [9.17, 15) is 14.0 Å². The molecule has 6 nitrogen and oxygen atoms in total. The van der Waals surface area contributed by atoms with Crippen molar-refractivity contribution in [3.8, 4) is 11.1 Å². The van der Waals surface area contributed by atoms with Crippen LogP contribution in [-0.4, -0.2) is 22.6 Å². The third-order valence-electron chi connectivity index (χ3n) is 4.57. The maximum absolute atomic E-state index is 14.4. The van der Waals surface area contributed by atoms with E-state index in [1.54, 1.807) is 45.9 Å². The highest BCUT2D eigenvalue weighted by Gasteiger charge is 2.30. The summed E-state index contributed by atoms with van der Waals surface area (Å²) in [6, 6.07) is 6.14. The van der Waals surface area contributed by atoms with Crippen LogP contribution in [0.2, 0.25) is 5.02 Å². The summed E-state index contributed by atoms with van der Waals surface area (Å²) in [4.78, 5) is 27.9. The Balaban J connectivity index is 1.77. The van der Waals surface area contributed by atoms with Crippen LogP contribution in [0.5, 0.6) is 0 Å². The number of aromatic nitrogens is 1. The van der Waals surface area contributed by atoms with Crippen LogP contribution >= 0.6 is 11.6 Å². The van der Waals surface area contributed by atoms with E-state index in [1.807, 2.05) is 0 Å². The molecule has 0 saturated heterocycles. The van der Waals surface area contributed by atoms with Gasteiger partial charge in [0, 0.05) is 16.5 Å². The number of hydrogen-bond acceptors (Lipinski definition) is 4. The summed E-state index contributed by atoms with van der Waals surface area (Å²) in [5.74, 6) is -0.310. The normalized spacial score (nSPS) is 14.7. The van der Waals surface area contributed by atoms with Gasteiger partial charge in [0.1, 0.15) is 17.2 Å². The van der Waals surface area contributed by atoms with Crippen LogP contribution in [0, 0.1) is 11.7 Å². The number of nitrogens with one attached hydrogen (secondary N) is 2. The number of anilines is 1. The zero-order valence-electron chi connectivity index (χ0n) is 17.4. The Morgan fingerprint density at radius 3 is 2.57 bits per heavy atom. The van der Waals surface area contributed by atoms with E-state index in [4.69, 9.17) is 16.3 Å². The van der Waals surface area contributed by atoms with Crippen LogP contribution in [0.4, 0.5) is 15.0 Å². The molecule has 0 spiro atoms. The van der Waals surface area contributed by atoms with E-state index in [1.165, 1.54) is 6.07 Å². The van der Waals surface area contributed by atoms with Crippen LogP contribution in [0.25, 0.3) is 11.1 Å². The summed E-state index contributed by atoms with van der Waals surface area (Å²) in [5, 5.41) is 5.82. The van der Waals surface area contributed by atoms with Crippen LogP contribution in [-0.2, 0) is 9.53 Å². The van der Waals surface area contributed by atoms with Gasteiger partial charge in [0.05, 0.1) is 12.2 Å². The average molecular weight is 434 g/mol. The minimum absolute atomic E-state index is 0.0213. The molecule has 30 heavy (non-hydrogen) atoms. The number of pyridine rings is 1. The molecule has 3 rings (SSSR count). The first kappa shape index (κ1) is 22.0. The minimum Gasteiger partial charge on any atom is -0.444 e. The molecule has 1 aromatic carbocycles. The largest absolute Gasteiger partial charge is 0.444 e. The zero-order chi connectivity index (χ0) is 22.1. The van der Waals surface area contributed by atoms with Crippen molar-refractivity contribution < 1.29 is 18.7 Å². The topological polar surface area (TPSA) is 80.3 Å². The maximum atomic E-state index is 14.4. The molecule has 160 valence electrons. The molecule has 1 heterocycles. The number of carbonyl (C=O) groups excluding carboxylic acids is 2. The Morgan fingerprint density at radius 2 is 1.97 bits per heavy atom. The van der Waals surface area contributed by atoms with Crippen LogP contribution in [0.3, 0.4) is 0 Å². The molecule has 1 aliphatic rings. The van der Waals surface area contributed by atoms with Gasteiger partial charge in [-0.25, -0.2) is 14.2 Å². The summed E-state index contributed by atoms with van der Waals surface area (Å²) < 4.78 is 19.7. The first-order valence-corrected chi connectivity index (χ1v) is 10.2. The number of nitrogens with zero attached hydrogens (tertiary/aromatic N) is 1. The quantitative estimate of drug-likeness (QED) is 0.654. The van der Waals surface area contributed by atoms with Crippen molar-refractivity contribution in [2.24, 2.45) is 5.92 Å². The van der Waals surface area contributed by atoms with Crippen molar-refractivity contribution in [3.63, 3.8) is 0 Å². The molecule has 2 N–H and O–H groups in total. The summed E-state index contributed by atoms with van der Waals surface area (Å²) in [6.45, 7) is 7.13. The number of amides is 2. The molecule has 2 aromatic rings. The van der Waals surface area contributed by atoms with E-state index in [-0.39, 0.29) is 17.4 Å². The second kappa shape index (κ2) is 8.60. The first-order valence-electron chi connectivity index (χ1n) is 9.79. The molecule has 1 aromatic heterocycles. The minimum atomic E-state index is -0.608. The van der Waals surface area contributed by atoms with Gasteiger partial charge in [-0.05, 0) is 63.8 Å². The highest BCUT2D eigenvalue weighted by molar-refractivity contribution is 6.31. The molecule has 0 aliphatic heterocycles. The van der Waals surface area contributed by atoms with E-state index in [0.717, 1.165) is 19.0 Å². The first-order chi connectivity index (χ1) is 14.0. The summed E-state index contributed by atoms with van der Waals surface area (Å²) in [6.07, 6.45) is 2.26. The van der Waals surface area contributed by atoms with Crippen LogP contribution in [0.15, 0.2) is 30.5 Å². The molecular weight excluding hydrogens is 409 g/mol. The van der Waals surface area contributed by atoms with Gasteiger partial charge in [-0.1, -0.05) is 23.7 Å². The molecule has 1 unspecified atom stereocenters. The van der Waals surface area contributed by atoms with Crippen molar-refractivity contribution in [1.29, 1.82) is 0 Å². The summed E-state index contributed by atoms with van der Waals surface area (Å²) in [7, 11) is 0. The Morgan fingerprint density at radius 1 is 1.27 bits per heavy atom. The summed E-state index contributed by atoms with van der Waals surface area (Å²) >= 11 is 6.42. The van der Waals surface area contributed by atoms with Gasteiger partial charge in [-0.15, -0.1) is 0 Å². The molecule has 8 heteroatoms. The fourth-order valence-corrected chi connectivity index (χ4v) is 3.25. The van der Waals surface area contributed by atoms with E-state index < -0.39 is 23.6 Å². The summed E-state index contributed by atoms with van der Waals surface area (Å²) in [5.41, 5.74) is 0.874. The van der Waals surface area contributed by atoms with Gasteiger partial charge in [-0.2, -0.15) is 0 Å². The van der Waals surface area contributed by atoms with Gasteiger partial charge in [0.25, 0.3) is 0 Å². The number of ether oxygens (including phenoxy) is 1. The standard InChI is InChI=1S/C22H25ClFN3O3/c1-12(26-21(29)30-22(2,3)4)15-8-7-14(9-17(15)23)16-10-19(25-11-18(16)24)27-20(28)13-5-6-13/h7-13H,5-6H2,1-4H3,(H,26,29)(H,25,27,28). The molecule has 2 amide bonds. The van der Waals surface area contributed by atoms with E-state index in [2.05, 4.69) is 15.6 Å². The number of carbonyl (C=O) groups is 2. The van der Waals surface area contributed by atoms with E-state index >= 15 is 0 Å².